The van der Waals surface area contributed by atoms with Gasteiger partial charge in [0, 0.05) is 55.6 Å². The molecule has 0 fully saturated rings. The second-order valence-electron chi connectivity index (χ2n) is 9.70. The minimum Gasteiger partial charge on any atom is -0.497 e. The fourth-order valence-electron chi connectivity index (χ4n) is 4.53. The van der Waals surface area contributed by atoms with Crippen LogP contribution in [0.4, 0.5) is 23.7 Å². The number of nitrogens with one attached hydrogen (secondary N) is 2. The molecule has 0 radical (unpaired) electrons. The Morgan fingerprint density at radius 1 is 0.929 bits per heavy atom. The van der Waals surface area contributed by atoms with E-state index in [-0.39, 0.29) is 38.7 Å². The normalized spacial score (nSPS) is 11.4. The summed E-state index contributed by atoms with van der Waals surface area (Å²) in [5, 5.41) is 3.81. The predicted molar refractivity (Wildman–Crippen MR) is 154 cm³/mol. The summed E-state index contributed by atoms with van der Waals surface area (Å²) in [6.07, 6.45) is -2.07. The Bertz CT molecular complexity index is 1490. The number of carbonyl (C=O) groups is 2. The molecule has 0 aliphatic rings. The van der Waals surface area contributed by atoms with Crippen LogP contribution in [0.1, 0.15) is 16.7 Å². The first kappa shape index (κ1) is 30.4. The van der Waals surface area contributed by atoms with Gasteiger partial charge in [0.2, 0.25) is 5.91 Å². The largest absolute Gasteiger partial charge is 0.497 e. The molecular formula is C31H33F3N4O4. The Balaban J connectivity index is 1.53. The van der Waals surface area contributed by atoms with E-state index in [1.54, 1.807) is 29.2 Å². The molecule has 1 aromatic heterocycles. The Hall–Kier alpha value is -4.51. The number of halogens is 3. The number of rotatable bonds is 12. The van der Waals surface area contributed by atoms with Crippen LogP contribution in [0, 0.1) is 0 Å². The number of hydrogen-bond donors (Lipinski definition) is 2. The number of aromatic nitrogens is 1. The van der Waals surface area contributed by atoms with E-state index in [2.05, 4.69) is 10.3 Å². The van der Waals surface area contributed by atoms with E-state index in [9.17, 15) is 22.8 Å². The van der Waals surface area contributed by atoms with Gasteiger partial charge in [0.15, 0.2) is 0 Å². The van der Waals surface area contributed by atoms with Crippen LogP contribution in [0.15, 0.2) is 79.0 Å². The SMILES string of the molecule is COCCN(CC(=O)N(CCc1c[nH]c2ccccc12)Cc1ccc(C(F)(F)F)cc1)C(=O)Nc1cccc(OC)c1. The Morgan fingerprint density at radius 3 is 2.40 bits per heavy atom. The molecule has 2 N–H and O–H groups in total. The van der Waals surface area contributed by atoms with Crippen molar-refractivity contribution < 1.29 is 32.2 Å². The fourth-order valence-corrected chi connectivity index (χ4v) is 4.53. The Labute approximate surface area is 242 Å². The van der Waals surface area contributed by atoms with E-state index in [1.165, 1.54) is 31.3 Å². The summed E-state index contributed by atoms with van der Waals surface area (Å²) in [7, 11) is 3.02. The Kier molecular flexibility index (Phi) is 10.1. The van der Waals surface area contributed by atoms with E-state index in [0.29, 0.717) is 23.4 Å². The molecule has 0 saturated carbocycles. The minimum absolute atomic E-state index is 0.0783. The highest BCUT2D eigenvalue weighted by atomic mass is 19.4. The third kappa shape index (κ3) is 8.03. The molecule has 0 atom stereocenters. The van der Waals surface area contributed by atoms with Crippen molar-refractivity contribution in [3.63, 3.8) is 0 Å². The number of fused-ring (bicyclic) bond motifs is 1. The molecular weight excluding hydrogens is 549 g/mol. The van der Waals surface area contributed by atoms with Crippen LogP contribution in [0.25, 0.3) is 10.9 Å². The van der Waals surface area contributed by atoms with E-state index in [1.807, 2.05) is 30.5 Å². The first-order valence-corrected chi connectivity index (χ1v) is 13.4. The van der Waals surface area contributed by atoms with Gasteiger partial charge in [0.05, 0.1) is 19.3 Å². The van der Waals surface area contributed by atoms with Gasteiger partial charge < -0.3 is 29.6 Å². The minimum atomic E-state index is -4.46. The highest BCUT2D eigenvalue weighted by molar-refractivity contribution is 5.92. The lowest BCUT2D eigenvalue weighted by Crippen LogP contribution is -2.46. The molecule has 1 heterocycles. The van der Waals surface area contributed by atoms with Crippen molar-refractivity contribution in [1.29, 1.82) is 0 Å². The molecule has 42 heavy (non-hydrogen) atoms. The number of para-hydroxylation sites is 1. The van der Waals surface area contributed by atoms with Gasteiger partial charge in [0.25, 0.3) is 0 Å². The van der Waals surface area contributed by atoms with E-state index in [4.69, 9.17) is 9.47 Å². The average molecular weight is 583 g/mol. The maximum atomic E-state index is 13.7. The third-order valence-corrected chi connectivity index (χ3v) is 6.83. The molecule has 0 aliphatic heterocycles. The van der Waals surface area contributed by atoms with Gasteiger partial charge >= 0.3 is 12.2 Å². The van der Waals surface area contributed by atoms with Crippen molar-refractivity contribution in [2.75, 3.05) is 45.8 Å². The van der Waals surface area contributed by atoms with E-state index in [0.717, 1.165) is 28.6 Å². The summed E-state index contributed by atoms with van der Waals surface area (Å²) in [5.74, 6) is 0.207. The number of amides is 3. The summed E-state index contributed by atoms with van der Waals surface area (Å²) in [4.78, 5) is 33.0. The smallest absolute Gasteiger partial charge is 0.416 e. The van der Waals surface area contributed by atoms with E-state index < -0.39 is 17.8 Å². The van der Waals surface area contributed by atoms with Gasteiger partial charge in [-0.25, -0.2) is 4.79 Å². The quantitative estimate of drug-likeness (QED) is 0.216. The van der Waals surface area contributed by atoms with Crippen molar-refractivity contribution in [3.05, 3.63) is 95.7 Å². The van der Waals surface area contributed by atoms with Crippen molar-refractivity contribution in [3.8, 4) is 5.75 Å². The molecule has 0 aliphatic carbocycles. The first-order chi connectivity index (χ1) is 20.2. The van der Waals surface area contributed by atoms with Crippen LogP contribution in [0.5, 0.6) is 5.75 Å². The van der Waals surface area contributed by atoms with Crippen molar-refractivity contribution in [2.45, 2.75) is 19.1 Å². The number of carbonyl (C=O) groups excluding carboxylic acids is 2. The van der Waals surface area contributed by atoms with Gasteiger partial charge in [0.1, 0.15) is 12.3 Å². The van der Waals surface area contributed by atoms with Crippen LogP contribution in [-0.4, -0.2) is 67.2 Å². The summed E-state index contributed by atoms with van der Waals surface area (Å²) >= 11 is 0. The zero-order chi connectivity index (χ0) is 30.1. The van der Waals surface area contributed by atoms with Crippen LogP contribution in [0.3, 0.4) is 0 Å². The molecule has 222 valence electrons. The molecule has 4 rings (SSSR count). The summed E-state index contributed by atoms with van der Waals surface area (Å²) in [5.41, 5.74) is 2.24. The number of ether oxygens (including phenoxy) is 2. The van der Waals surface area contributed by atoms with Crippen molar-refractivity contribution in [1.82, 2.24) is 14.8 Å². The molecule has 11 heteroatoms. The van der Waals surface area contributed by atoms with Crippen LogP contribution < -0.4 is 10.1 Å². The first-order valence-electron chi connectivity index (χ1n) is 13.4. The molecule has 8 nitrogen and oxygen atoms in total. The van der Waals surface area contributed by atoms with Gasteiger partial charge in [-0.15, -0.1) is 0 Å². The van der Waals surface area contributed by atoms with Gasteiger partial charge in [-0.2, -0.15) is 13.2 Å². The molecule has 3 aromatic carbocycles. The fraction of sp³-hybridized carbons (Fsp3) is 0.290. The number of urea groups is 1. The molecule has 3 amide bonds. The second kappa shape index (κ2) is 13.9. The molecule has 0 bridgehead atoms. The number of hydrogen-bond acceptors (Lipinski definition) is 4. The highest BCUT2D eigenvalue weighted by Gasteiger charge is 2.30. The molecule has 0 saturated heterocycles. The maximum Gasteiger partial charge on any atom is 0.416 e. The average Bonchev–Trinajstić information content (AvgIpc) is 3.40. The van der Waals surface area contributed by atoms with Gasteiger partial charge in [-0.3, -0.25) is 4.79 Å². The summed E-state index contributed by atoms with van der Waals surface area (Å²) in [6, 6.07) is 18.9. The topological polar surface area (TPSA) is 86.9 Å². The zero-order valence-electron chi connectivity index (χ0n) is 23.4. The number of aromatic amines is 1. The van der Waals surface area contributed by atoms with Crippen molar-refractivity contribution >= 4 is 28.5 Å². The Morgan fingerprint density at radius 2 is 1.69 bits per heavy atom. The number of alkyl halides is 3. The van der Waals surface area contributed by atoms with E-state index >= 15 is 0 Å². The summed E-state index contributed by atoms with van der Waals surface area (Å²) in [6.45, 7) is 0.460. The lowest BCUT2D eigenvalue weighted by Gasteiger charge is -2.28. The van der Waals surface area contributed by atoms with Crippen LogP contribution in [-0.2, 0) is 28.7 Å². The van der Waals surface area contributed by atoms with Crippen LogP contribution in [0.2, 0.25) is 0 Å². The number of nitrogens with zero attached hydrogens (tertiary/aromatic N) is 2. The highest BCUT2D eigenvalue weighted by Crippen LogP contribution is 2.29. The van der Waals surface area contributed by atoms with Crippen molar-refractivity contribution in [2.24, 2.45) is 0 Å². The number of anilines is 1. The lowest BCUT2D eigenvalue weighted by atomic mass is 10.1. The predicted octanol–water partition coefficient (Wildman–Crippen LogP) is 5.95. The summed E-state index contributed by atoms with van der Waals surface area (Å²) < 4.78 is 49.7. The molecule has 0 spiro atoms. The number of methoxy groups -OCH3 is 2. The van der Waals surface area contributed by atoms with Gasteiger partial charge in [-0.1, -0.05) is 36.4 Å². The third-order valence-electron chi connectivity index (χ3n) is 6.83. The maximum absolute atomic E-state index is 13.7. The van der Waals surface area contributed by atoms with Crippen LogP contribution >= 0.6 is 0 Å². The lowest BCUT2D eigenvalue weighted by molar-refractivity contribution is -0.137. The molecule has 0 unspecified atom stereocenters. The monoisotopic (exact) mass is 582 g/mol. The second-order valence-corrected chi connectivity index (χ2v) is 9.70. The number of H-pyrrole nitrogens is 1. The standard InChI is InChI=1S/C31H33F3N4O4/c1-41-17-16-38(30(40)36-25-6-5-7-26(18-25)42-2)21-29(39)37(20-22-10-12-24(13-11-22)31(32,33)34)15-14-23-19-35-28-9-4-3-8-27(23)28/h3-13,18-19,35H,14-17,20-21H2,1-2H3,(H,36,40). The number of benzene rings is 3. The molecule has 4 aromatic rings. The zero-order valence-corrected chi connectivity index (χ0v) is 23.4. The van der Waals surface area contributed by atoms with Gasteiger partial charge in [-0.05, 0) is 47.9 Å².